The molecule has 1 aromatic heterocycles. The molecule has 98 valence electrons. The number of nitro benzene ring substituents is 1. The maximum Gasteiger partial charge on any atom is 0.356 e. The average Bonchev–Trinajstić information content (AvgIpc) is 2.71. The number of carboxylic acid groups (broad SMARTS) is 1. The minimum atomic E-state index is -1.11. The molecule has 0 atom stereocenters. The number of aromatic nitrogens is 2. The number of benzene rings is 1. The molecular formula is C12H11N3O4. The van der Waals surface area contributed by atoms with Gasteiger partial charge in [0, 0.05) is 17.3 Å². The third kappa shape index (κ3) is 2.30. The summed E-state index contributed by atoms with van der Waals surface area (Å²) in [5.41, 5.74) is 1.69. The summed E-state index contributed by atoms with van der Waals surface area (Å²) in [6.45, 7) is 3.34. The second-order valence-corrected chi connectivity index (χ2v) is 4.12. The second-order valence-electron chi connectivity index (χ2n) is 4.12. The molecule has 0 amide bonds. The topological polar surface area (TPSA) is 98.3 Å². The predicted octanol–water partition coefficient (Wildman–Crippen LogP) is 2.10. The van der Waals surface area contributed by atoms with Gasteiger partial charge in [0.1, 0.15) is 0 Å². The van der Waals surface area contributed by atoms with Gasteiger partial charge in [-0.25, -0.2) is 9.48 Å². The Balaban J connectivity index is 2.51. The number of carbonyl (C=O) groups is 1. The van der Waals surface area contributed by atoms with E-state index in [1.54, 1.807) is 19.9 Å². The van der Waals surface area contributed by atoms with Crippen molar-refractivity contribution in [2.75, 3.05) is 0 Å². The summed E-state index contributed by atoms with van der Waals surface area (Å²) in [5, 5.41) is 23.6. The summed E-state index contributed by atoms with van der Waals surface area (Å²) in [7, 11) is 0. The highest BCUT2D eigenvalue weighted by molar-refractivity contribution is 5.85. The van der Waals surface area contributed by atoms with E-state index in [0.717, 1.165) is 0 Å². The molecule has 0 aliphatic heterocycles. The van der Waals surface area contributed by atoms with Crippen LogP contribution in [0.25, 0.3) is 5.69 Å². The van der Waals surface area contributed by atoms with Gasteiger partial charge in [0.25, 0.3) is 5.69 Å². The number of aryl methyl sites for hydroxylation is 2. The standard InChI is InChI=1S/C12H11N3O4/c1-7-5-9(3-4-11(7)15(18)19)14-8(2)6-10(13-14)12(16)17/h3-6H,1-2H3,(H,16,17). The third-order valence-electron chi connectivity index (χ3n) is 2.73. The molecule has 19 heavy (non-hydrogen) atoms. The molecule has 7 nitrogen and oxygen atoms in total. The van der Waals surface area contributed by atoms with Crippen molar-refractivity contribution in [3.63, 3.8) is 0 Å². The Labute approximate surface area is 108 Å². The summed E-state index contributed by atoms with van der Waals surface area (Å²) in [6.07, 6.45) is 0. The lowest BCUT2D eigenvalue weighted by atomic mass is 10.2. The van der Waals surface area contributed by atoms with Crippen molar-refractivity contribution in [1.29, 1.82) is 0 Å². The lowest BCUT2D eigenvalue weighted by Crippen LogP contribution is -2.03. The smallest absolute Gasteiger partial charge is 0.356 e. The molecule has 1 aromatic carbocycles. The van der Waals surface area contributed by atoms with Gasteiger partial charge in [0.05, 0.1) is 10.6 Å². The first-order chi connectivity index (χ1) is 8.90. The fourth-order valence-corrected chi connectivity index (χ4v) is 1.82. The van der Waals surface area contributed by atoms with Crippen LogP contribution in [0.5, 0.6) is 0 Å². The van der Waals surface area contributed by atoms with Crippen molar-refractivity contribution in [3.05, 3.63) is 51.3 Å². The molecule has 0 bridgehead atoms. The number of aromatic carboxylic acids is 1. The first-order valence-electron chi connectivity index (χ1n) is 5.45. The molecule has 1 heterocycles. The minimum Gasteiger partial charge on any atom is -0.476 e. The zero-order valence-electron chi connectivity index (χ0n) is 10.3. The van der Waals surface area contributed by atoms with Crippen molar-refractivity contribution < 1.29 is 14.8 Å². The van der Waals surface area contributed by atoms with E-state index in [-0.39, 0.29) is 11.4 Å². The van der Waals surface area contributed by atoms with Crippen LogP contribution in [0.2, 0.25) is 0 Å². The van der Waals surface area contributed by atoms with Gasteiger partial charge in [-0.15, -0.1) is 0 Å². The molecule has 0 radical (unpaired) electrons. The average molecular weight is 261 g/mol. The van der Waals surface area contributed by atoms with Crippen molar-refractivity contribution >= 4 is 11.7 Å². The molecule has 0 aliphatic rings. The molecule has 0 saturated carbocycles. The maximum atomic E-state index is 10.8. The number of nitro groups is 1. The first kappa shape index (κ1) is 12.7. The van der Waals surface area contributed by atoms with Crippen LogP contribution in [0, 0.1) is 24.0 Å². The van der Waals surface area contributed by atoms with E-state index in [1.165, 1.54) is 22.9 Å². The highest BCUT2D eigenvalue weighted by atomic mass is 16.6. The number of rotatable bonds is 3. The molecule has 0 unspecified atom stereocenters. The van der Waals surface area contributed by atoms with E-state index in [0.29, 0.717) is 16.9 Å². The van der Waals surface area contributed by atoms with Crippen LogP contribution in [0.15, 0.2) is 24.3 Å². The third-order valence-corrected chi connectivity index (χ3v) is 2.73. The summed E-state index contributed by atoms with van der Waals surface area (Å²) in [4.78, 5) is 21.1. The number of carboxylic acids is 1. The van der Waals surface area contributed by atoms with Crippen LogP contribution in [-0.4, -0.2) is 25.8 Å². The lowest BCUT2D eigenvalue weighted by molar-refractivity contribution is -0.385. The normalized spacial score (nSPS) is 10.4. The summed E-state index contributed by atoms with van der Waals surface area (Å²) in [5.74, 6) is -1.11. The Morgan fingerprint density at radius 2 is 2.05 bits per heavy atom. The molecule has 1 N–H and O–H groups in total. The molecule has 7 heteroatoms. The fourth-order valence-electron chi connectivity index (χ4n) is 1.82. The van der Waals surface area contributed by atoms with Crippen LogP contribution in [0.3, 0.4) is 0 Å². The molecule has 0 aliphatic carbocycles. The lowest BCUT2D eigenvalue weighted by Gasteiger charge is -2.05. The van der Waals surface area contributed by atoms with E-state index < -0.39 is 10.9 Å². The van der Waals surface area contributed by atoms with Crippen LogP contribution < -0.4 is 0 Å². The van der Waals surface area contributed by atoms with Crippen molar-refractivity contribution in [3.8, 4) is 5.69 Å². The van der Waals surface area contributed by atoms with E-state index >= 15 is 0 Å². The van der Waals surface area contributed by atoms with Crippen molar-refractivity contribution in [2.24, 2.45) is 0 Å². The Morgan fingerprint density at radius 3 is 2.53 bits per heavy atom. The van der Waals surface area contributed by atoms with Gasteiger partial charge in [-0.1, -0.05) is 0 Å². The Bertz CT molecular complexity index is 676. The van der Waals surface area contributed by atoms with Gasteiger partial charge < -0.3 is 5.11 Å². The molecule has 0 spiro atoms. The van der Waals surface area contributed by atoms with E-state index in [9.17, 15) is 14.9 Å². The quantitative estimate of drug-likeness (QED) is 0.673. The Kier molecular flexibility index (Phi) is 3.04. The molecule has 0 fully saturated rings. The largest absolute Gasteiger partial charge is 0.476 e. The predicted molar refractivity (Wildman–Crippen MR) is 66.7 cm³/mol. The Hall–Kier alpha value is -2.70. The number of nitrogens with zero attached hydrogens (tertiary/aromatic N) is 3. The SMILES string of the molecule is Cc1cc(-n2nc(C(=O)O)cc2C)ccc1[N+](=O)[O-]. The Morgan fingerprint density at radius 1 is 1.37 bits per heavy atom. The van der Waals surface area contributed by atoms with E-state index in [2.05, 4.69) is 5.10 Å². The number of hydrogen-bond acceptors (Lipinski definition) is 4. The zero-order valence-corrected chi connectivity index (χ0v) is 10.3. The summed E-state index contributed by atoms with van der Waals surface area (Å²) in [6, 6.07) is 5.96. The molecular weight excluding hydrogens is 250 g/mol. The molecule has 0 saturated heterocycles. The van der Waals surface area contributed by atoms with Gasteiger partial charge in [0.2, 0.25) is 0 Å². The van der Waals surface area contributed by atoms with Crippen LogP contribution in [-0.2, 0) is 0 Å². The summed E-state index contributed by atoms with van der Waals surface area (Å²) >= 11 is 0. The second kappa shape index (κ2) is 4.52. The first-order valence-corrected chi connectivity index (χ1v) is 5.45. The highest BCUT2D eigenvalue weighted by Crippen LogP contribution is 2.21. The van der Waals surface area contributed by atoms with Crippen molar-refractivity contribution in [2.45, 2.75) is 13.8 Å². The molecule has 2 rings (SSSR count). The van der Waals surface area contributed by atoms with Crippen LogP contribution in [0.1, 0.15) is 21.7 Å². The minimum absolute atomic E-state index is 0.0204. The van der Waals surface area contributed by atoms with Gasteiger partial charge >= 0.3 is 5.97 Å². The monoisotopic (exact) mass is 261 g/mol. The zero-order chi connectivity index (χ0) is 14.2. The van der Waals surface area contributed by atoms with Crippen LogP contribution in [0.4, 0.5) is 5.69 Å². The van der Waals surface area contributed by atoms with E-state index in [1.807, 2.05) is 0 Å². The maximum absolute atomic E-state index is 10.8. The molecule has 2 aromatic rings. The van der Waals surface area contributed by atoms with Gasteiger partial charge in [0.15, 0.2) is 5.69 Å². The number of hydrogen-bond donors (Lipinski definition) is 1. The van der Waals surface area contributed by atoms with Gasteiger partial charge in [-0.2, -0.15) is 5.10 Å². The van der Waals surface area contributed by atoms with Gasteiger partial charge in [-0.3, -0.25) is 10.1 Å². The van der Waals surface area contributed by atoms with Crippen molar-refractivity contribution in [1.82, 2.24) is 9.78 Å². The van der Waals surface area contributed by atoms with Crippen LogP contribution >= 0.6 is 0 Å². The van der Waals surface area contributed by atoms with E-state index in [4.69, 9.17) is 5.11 Å². The van der Waals surface area contributed by atoms with Gasteiger partial charge in [-0.05, 0) is 32.0 Å². The fraction of sp³-hybridized carbons (Fsp3) is 0.167. The highest BCUT2D eigenvalue weighted by Gasteiger charge is 2.15. The summed E-state index contributed by atoms with van der Waals surface area (Å²) < 4.78 is 1.44.